The Morgan fingerprint density at radius 3 is 2.29 bits per heavy atom. The normalized spacial score (nSPS) is 10.6. The van der Waals surface area contributed by atoms with Crippen molar-refractivity contribution >= 4 is 57.1 Å². The van der Waals surface area contributed by atoms with Crippen LogP contribution in [0.15, 0.2) is 68.6 Å². The highest BCUT2D eigenvalue weighted by Gasteiger charge is 2.15. The highest BCUT2D eigenvalue weighted by atomic mass is 79.9. The standard InChI is InChI=1S/C24H22BrN5O5/c1-14-6-7-18(10-15(14)2)29-22(32)21(31)26-12-19-8-9-20(35-19)13-27-30-24(34)23(33)28-17-5-3-4-16(25)11-17/h3-11,13H,12H2,1-2H3,(H,26,31)(H,28,33)(H,29,32)(H,30,34)/b27-13+. The molecule has 0 fully saturated rings. The van der Waals surface area contributed by atoms with E-state index in [0.717, 1.165) is 15.6 Å². The van der Waals surface area contributed by atoms with Crippen molar-refractivity contribution < 1.29 is 23.6 Å². The Morgan fingerprint density at radius 2 is 1.57 bits per heavy atom. The Hall–Kier alpha value is -4.25. The molecule has 35 heavy (non-hydrogen) atoms. The van der Waals surface area contributed by atoms with E-state index in [9.17, 15) is 19.2 Å². The summed E-state index contributed by atoms with van der Waals surface area (Å²) in [6.07, 6.45) is 1.20. The smallest absolute Gasteiger partial charge is 0.329 e. The molecule has 0 saturated heterocycles. The quantitative estimate of drug-likeness (QED) is 0.216. The van der Waals surface area contributed by atoms with Crippen molar-refractivity contribution in [3.05, 3.63) is 81.7 Å². The van der Waals surface area contributed by atoms with Gasteiger partial charge in [0.05, 0.1) is 12.8 Å². The number of furan rings is 1. The number of hydrogen-bond donors (Lipinski definition) is 4. The van der Waals surface area contributed by atoms with Crippen LogP contribution in [0.3, 0.4) is 0 Å². The summed E-state index contributed by atoms with van der Waals surface area (Å²) in [7, 11) is 0. The third-order valence-electron chi connectivity index (χ3n) is 4.72. The van der Waals surface area contributed by atoms with Gasteiger partial charge in [-0.15, -0.1) is 0 Å². The fourth-order valence-electron chi connectivity index (χ4n) is 2.77. The Morgan fingerprint density at radius 1 is 0.857 bits per heavy atom. The van der Waals surface area contributed by atoms with Crippen LogP contribution in [0, 0.1) is 13.8 Å². The number of benzene rings is 2. The molecule has 0 bridgehead atoms. The zero-order valence-corrected chi connectivity index (χ0v) is 20.4. The number of halogens is 1. The predicted molar refractivity (Wildman–Crippen MR) is 134 cm³/mol. The summed E-state index contributed by atoms with van der Waals surface area (Å²) in [6, 6.07) is 15.2. The summed E-state index contributed by atoms with van der Waals surface area (Å²) in [5, 5.41) is 11.1. The lowest BCUT2D eigenvalue weighted by Gasteiger charge is -2.07. The van der Waals surface area contributed by atoms with Gasteiger partial charge in [0, 0.05) is 15.8 Å². The molecular weight excluding hydrogens is 518 g/mol. The van der Waals surface area contributed by atoms with Gasteiger partial charge >= 0.3 is 23.6 Å². The highest BCUT2D eigenvalue weighted by molar-refractivity contribution is 9.10. The van der Waals surface area contributed by atoms with Gasteiger partial charge in [-0.1, -0.05) is 28.1 Å². The lowest BCUT2D eigenvalue weighted by atomic mass is 10.1. The Labute approximate surface area is 209 Å². The van der Waals surface area contributed by atoms with E-state index in [0.29, 0.717) is 17.1 Å². The van der Waals surface area contributed by atoms with E-state index in [1.54, 1.807) is 48.5 Å². The molecule has 3 aromatic rings. The molecule has 0 unspecified atom stereocenters. The van der Waals surface area contributed by atoms with E-state index >= 15 is 0 Å². The van der Waals surface area contributed by atoms with Gasteiger partial charge in [0.15, 0.2) is 0 Å². The van der Waals surface area contributed by atoms with Gasteiger partial charge in [0.2, 0.25) is 0 Å². The van der Waals surface area contributed by atoms with Gasteiger partial charge in [-0.25, -0.2) is 5.43 Å². The van der Waals surface area contributed by atoms with Crippen molar-refractivity contribution in [2.45, 2.75) is 20.4 Å². The maximum absolute atomic E-state index is 12.1. The fraction of sp³-hybridized carbons (Fsp3) is 0.125. The molecule has 0 radical (unpaired) electrons. The first-order valence-electron chi connectivity index (χ1n) is 10.4. The zero-order valence-electron chi connectivity index (χ0n) is 18.8. The van der Waals surface area contributed by atoms with Gasteiger partial charge in [0.25, 0.3) is 0 Å². The first kappa shape index (κ1) is 25.4. The molecule has 0 atom stereocenters. The number of nitrogens with zero attached hydrogens (tertiary/aromatic N) is 1. The van der Waals surface area contributed by atoms with E-state index in [4.69, 9.17) is 4.42 Å². The molecule has 1 aromatic heterocycles. The average Bonchev–Trinajstić information content (AvgIpc) is 3.27. The van der Waals surface area contributed by atoms with Crippen LogP contribution in [-0.2, 0) is 25.7 Å². The van der Waals surface area contributed by atoms with Crippen LogP contribution >= 0.6 is 15.9 Å². The number of hydrazone groups is 1. The minimum absolute atomic E-state index is 0.0333. The zero-order chi connectivity index (χ0) is 25.4. The second-order valence-electron chi connectivity index (χ2n) is 7.40. The summed E-state index contributed by atoms with van der Waals surface area (Å²) in [5.41, 5.74) is 5.14. The summed E-state index contributed by atoms with van der Waals surface area (Å²) in [6.45, 7) is 3.83. The number of amides is 4. The van der Waals surface area contributed by atoms with Crippen molar-refractivity contribution in [3.8, 4) is 0 Å². The number of carbonyl (C=O) groups excluding carboxylic acids is 4. The lowest BCUT2D eigenvalue weighted by molar-refractivity contribution is -0.136. The lowest BCUT2D eigenvalue weighted by Crippen LogP contribution is -2.34. The van der Waals surface area contributed by atoms with Crippen LogP contribution in [0.1, 0.15) is 22.6 Å². The van der Waals surface area contributed by atoms with E-state index < -0.39 is 23.6 Å². The van der Waals surface area contributed by atoms with E-state index in [2.05, 4.69) is 42.4 Å². The van der Waals surface area contributed by atoms with Crippen LogP contribution in [-0.4, -0.2) is 29.8 Å². The van der Waals surface area contributed by atoms with Gasteiger partial charge in [-0.2, -0.15) is 5.10 Å². The minimum Gasteiger partial charge on any atom is -0.458 e. The maximum atomic E-state index is 12.1. The SMILES string of the molecule is Cc1ccc(NC(=O)C(=O)NCc2ccc(/C=N/NC(=O)C(=O)Nc3cccc(Br)c3)o2)cc1C. The van der Waals surface area contributed by atoms with E-state index in [1.807, 2.05) is 19.9 Å². The van der Waals surface area contributed by atoms with Crippen LogP contribution in [0.4, 0.5) is 11.4 Å². The van der Waals surface area contributed by atoms with Gasteiger partial charge in [0.1, 0.15) is 11.5 Å². The molecule has 4 amide bonds. The van der Waals surface area contributed by atoms with Crippen molar-refractivity contribution in [2.24, 2.45) is 5.10 Å². The number of carbonyl (C=O) groups is 4. The average molecular weight is 540 g/mol. The third kappa shape index (κ3) is 7.64. The van der Waals surface area contributed by atoms with Crippen molar-refractivity contribution in [2.75, 3.05) is 10.6 Å². The van der Waals surface area contributed by atoms with E-state index in [-0.39, 0.29) is 12.3 Å². The monoisotopic (exact) mass is 539 g/mol. The molecule has 4 N–H and O–H groups in total. The largest absolute Gasteiger partial charge is 0.458 e. The summed E-state index contributed by atoms with van der Waals surface area (Å²) in [4.78, 5) is 47.9. The molecular formula is C24H22BrN5O5. The number of anilines is 2. The molecule has 0 aliphatic rings. The molecule has 0 spiro atoms. The molecule has 2 aromatic carbocycles. The Balaban J connectivity index is 1.44. The topological polar surface area (TPSA) is 142 Å². The summed E-state index contributed by atoms with van der Waals surface area (Å²) in [5.74, 6) is -2.85. The molecule has 0 aliphatic carbocycles. The fourth-order valence-corrected chi connectivity index (χ4v) is 3.17. The summed E-state index contributed by atoms with van der Waals surface area (Å²) >= 11 is 3.27. The molecule has 0 saturated carbocycles. The van der Waals surface area contributed by atoms with Gasteiger partial charge < -0.3 is 20.4 Å². The predicted octanol–water partition coefficient (Wildman–Crippen LogP) is 3.00. The van der Waals surface area contributed by atoms with Crippen molar-refractivity contribution in [1.29, 1.82) is 0 Å². The number of aryl methyl sites for hydroxylation is 2. The number of nitrogens with one attached hydrogen (secondary N) is 4. The van der Waals surface area contributed by atoms with Gasteiger partial charge in [-0.3, -0.25) is 19.2 Å². The molecule has 11 heteroatoms. The minimum atomic E-state index is -0.963. The van der Waals surface area contributed by atoms with Crippen LogP contribution in [0.2, 0.25) is 0 Å². The second-order valence-corrected chi connectivity index (χ2v) is 8.32. The second kappa shape index (κ2) is 11.7. The Kier molecular flexibility index (Phi) is 8.52. The van der Waals surface area contributed by atoms with Crippen LogP contribution < -0.4 is 21.4 Å². The summed E-state index contributed by atoms with van der Waals surface area (Å²) < 4.78 is 6.21. The molecule has 180 valence electrons. The Bertz CT molecular complexity index is 1300. The molecule has 1 heterocycles. The van der Waals surface area contributed by atoms with Crippen LogP contribution in [0.5, 0.6) is 0 Å². The number of rotatable bonds is 6. The molecule has 10 nitrogen and oxygen atoms in total. The highest BCUT2D eigenvalue weighted by Crippen LogP contribution is 2.16. The number of hydrogen-bond acceptors (Lipinski definition) is 6. The van der Waals surface area contributed by atoms with Crippen molar-refractivity contribution in [1.82, 2.24) is 10.7 Å². The van der Waals surface area contributed by atoms with E-state index in [1.165, 1.54) is 6.21 Å². The maximum Gasteiger partial charge on any atom is 0.329 e. The third-order valence-corrected chi connectivity index (χ3v) is 5.22. The molecule has 0 aliphatic heterocycles. The molecule has 3 rings (SSSR count). The first-order valence-corrected chi connectivity index (χ1v) is 11.2. The first-order chi connectivity index (χ1) is 16.7. The van der Waals surface area contributed by atoms with Crippen molar-refractivity contribution in [3.63, 3.8) is 0 Å². The van der Waals surface area contributed by atoms with Gasteiger partial charge in [-0.05, 0) is 67.4 Å². The van der Waals surface area contributed by atoms with Crippen LogP contribution in [0.25, 0.3) is 0 Å².